The predicted octanol–water partition coefficient (Wildman–Crippen LogP) is 2.08. The SMILES string of the molecule is CCOCCOc1ccccc1C(=O)NNC(=O)CCN1CCN(c2ccccc2)CC1. The molecule has 0 saturated carbocycles. The monoisotopic (exact) mass is 440 g/mol. The van der Waals surface area contributed by atoms with Crippen LogP contribution in [0.25, 0.3) is 0 Å². The number of amides is 2. The first-order chi connectivity index (χ1) is 15.7. The lowest BCUT2D eigenvalue weighted by molar-refractivity contribution is -0.122. The van der Waals surface area contributed by atoms with Crippen LogP contribution in [0.5, 0.6) is 5.75 Å². The molecule has 8 heteroatoms. The van der Waals surface area contributed by atoms with Gasteiger partial charge in [0.15, 0.2) is 0 Å². The maximum atomic E-state index is 12.5. The van der Waals surface area contributed by atoms with Gasteiger partial charge in [0, 0.05) is 51.4 Å². The van der Waals surface area contributed by atoms with Gasteiger partial charge < -0.3 is 14.4 Å². The Balaban J connectivity index is 1.37. The van der Waals surface area contributed by atoms with Gasteiger partial charge in [-0.3, -0.25) is 25.3 Å². The largest absolute Gasteiger partial charge is 0.490 e. The van der Waals surface area contributed by atoms with Crippen molar-refractivity contribution in [3.05, 3.63) is 60.2 Å². The molecule has 2 aromatic rings. The number of nitrogens with zero attached hydrogens (tertiary/aromatic N) is 2. The Morgan fingerprint density at radius 2 is 1.62 bits per heavy atom. The number of ether oxygens (including phenoxy) is 2. The molecule has 1 heterocycles. The minimum atomic E-state index is -0.415. The van der Waals surface area contributed by atoms with E-state index in [1.807, 2.05) is 25.1 Å². The number of carbonyl (C=O) groups excluding carboxylic acids is 2. The number of piperazine rings is 1. The zero-order valence-corrected chi connectivity index (χ0v) is 18.6. The van der Waals surface area contributed by atoms with Crippen LogP contribution < -0.4 is 20.5 Å². The van der Waals surface area contributed by atoms with Crippen LogP contribution in [0.3, 0.4) is 0 Å². The molecule has 0 spiro atoms. The van der Waals surface area contributed by atoms with Gasteiger partial charge in [0.1, 0.15) is 12.4 Å². The Kier molecular flexibility index (Phi) is 9.34. The molecule has 1 saturated heterocycles. The average Bonchev–Trinajstić information content (AvgIpc) is 2.85. The summed E-state index contributed by atoms with van der Waals surface area (Å²) in [6.45, 7) is 7.65. The highest BCUT2D eigenvalue weighted by Gasteiger charge is 2.18. The van der Waals surface area contributed by atoms with Crippen LogP contribution in [0.15, 0.2) is 54.6 Å². The topological polar surface area (TPSA) is 83.1 Å². The summed E-state index contributed by atoms with van der Waals surface area (Å²) in [5.74, 6) is -0.185. The molecule has 2 amide bonds. The Labute approximate surface area is 189 Å². The van der Waals surface area contributed by atoms with Gasteiger partial charge in [-0.05, 0) is 31.2 Å². The van der Waals surface area contributed by atoms with Gasteiger partial charge in [-0.2, -0.15) is 0 Å². The van der Waals surface area contributed by atoms with E-state index in [0.717, 1.165) is 26.2 Å². The fraction of sp³-hybridized carbons (Fsp3) is 0.417. The third-order valence-corrected chi connectivity index (χ3v) is 5.29. The van der Waals surface area contributed by atoms with Gasteiger partial charge in [0.25, 0.3) is 5.91 Å². The van der Waals surface area contributed by atoms with Gasteiger partial charge in [-0.15, -0.1) is 0 Å². The molecule has 3 rings (SSSR count). The zero-order chi connectivity index (χ0) is 22.6. The van der Waals surface area contributed by atoms with Crippen LogP contribution in [0.4, 0.5) is 5.69 Å². The Hall–Kier alpha value is -3.10. The van der Waals surface area contributed by atoms with E-state index in [4.69, 9.17) is 9.47 Å². The van der Waals surface area contributed by atoms with E-state index in [9.17, 15) is 9.59 Å². The molecular formula is C24H32N4O4. The van der Waals surface area contributed by atoms with Crippen molar-refractivity contribution in [2.75, 3.05) is 57.4 Å². The molecule has 0 unspecified atom stereocenters. The predicted molar refractivity (Wildman–Crippen MR) is 124 cm³/mol. The second-order valence-electron chi connectivity index (χ2n) is 7.46. The fourth-order valence-corrected chi connectivity index (χ4v) is 3.52. The first-order valence-electron chi connectivity index (χ1n) is 11.1. The standard InChI is InChI=1S/C24H32N4O4/c1-2-31-18-19-32-22-11-7-6-10-21(22)24(30)26-25-23(29)12-13-27-14-16-28(17-15-27)20-8-4-3-5-9-20/h3-11H,2,12-19H2,1H3,(H,25,29)(H,26,30). The highest BCUT2D eigenvalue weighted by atomic mass is 16.5. The van der Waals surface area contributed by atoms with E-state index in [1.54, 1.807) is 24.3 Å². The number of nitrogens with one attached hydrogen (secondary N) is 2. The lowest BCUT2D eigenvalue weighted by Gasteiger charge is -2.36. The Morgan fingerprint density at radius 1 is 0.906 bits per heavy atom. The number of hydrazine groups is 1. The second kappa shape index (κ2) is 12.7. The number of hydrogen-bond acceptors (Lipinski definition) is 6. The number of benzene rings is 2. The lowest BCUT2D eigenvalue weighted by atomic mass is 10.2. The third-order valence-electron chi connectivity index (χ3n) is 5.29. The van der Waals surface area contributed by atoms with Crippen molar-refractivity contribution < 1.29 is 19.1 Å². The maximum Gasteiger partial charge on any atom is 0.273 e. The number of rotatable bonds is 10. The van der Waals surface area contributed by atoms with Crippen LogP contribution >= 0.6 is 0 Å². The van der Waals surface area contributed by atoms with Gasteiger partial charge in [-0.1, -0.05) is 30.3 Å². The molecule has 0 bridgehead atoms. The normalized spacial score (nSPS) is 14.1. The van der Waals surface area contributed by atoms with E-state index in [0.29, 0.717) is 44.1 Å². The second-order valence-corrected chi connectivity index (χ2v) is 7.46. The molecule has 1 aliphatic heterocycles. The minimum absolute atomic E-state index is 0.224. The average molecular weight is 441 g/mol. The van der Waals surface area contributed by atoms with Crippen molar-refractivity contribution >= 4 is 17.5 Å². The molecular weight excluding hydrogens is 408 g/mol. The Morgan fingerprint density at radius 3 is 2.38 bits per heavy atom. The summed E-state index contributed by atoms with van der Waals surface area (Å²) in [5, 5.41) is 0. The number of para-hydroxylation sites is 2. The van der Waals surface area contributed by atoms with Gasteiger partial charge >= 0.3 is 0 Å². The van der Waals surface area contributed by atoms with E-state index in [1.165, 1.54) is 5.69 Å². The third kappa shape index (κ3) is 7.25. The van der Waals surface area contributed by atoms with E-state index in [-0.39, 0.29) is 5.91 Å². The first-order valence-corrected chi connectivity index (χ1v) is 11.1. The van der Waals surface area contributed by atoms with Crippen LogP contribution in [-0.2, 0) is 9.53 Å². The van der Waals surface area contributed by atoms with Crippen LogP contribution in [0.1, 0.15) is 23.7 Å². The lowest BCUT2D eigenvalue weighted by Crippen LogP contribution is -2.48. The zero-order valence-electron chi connectivity index (χ0n) is 18.6. The van der Waals surface area contributed by atoms with Gasteiger partial charge in [0.2, 0.25) is 5.91 Å². The van der Waals surface area contributed by atoms with Crippen molar-refractivity contribution in [1.82, 2.24) is 15.8 Å². The summed E-state index contributed by atoms with van der Waals surface area (Å²) in [6, 6.07) is 17.3. The molecule has 2 N–H and O–H groups in total. The highest BCUT2D eigenvalue weighted by Crippen LogP contribution is 2.18. The molecule has 0 radical (unpaired) electrons. The summed E-state index contributed by atoms with van der Waals surface area (Å²) in [7, 11) is 0. The highest BCUT2D eigenvalue weighted by molar-refractivity contribution is 5.97. The molecule has 1 aliphatic rings. The molecule has 0 atom stereocenters. The van der Waals surface area contributed by atoms with E-state index >= 15 is 0 Å². The molecule has 32 heavy (non-hydrogen) atoms. The van der Waals surface area contributed by atoms with Crippen molar-refractivity contribution in [3.63, 3.8) is 0 Å². The van der Waals surface area contributed by atoms with Gasteiger partial charge in [-0.25, -0.2) is 0 Å². The quantitative estimate of drug-likeness (QED) is 0.435. The molecule has 0 aliphatic carbocycles. The molecule has 172 valence electrons. The van der Waals surface area contributed by atoms with E-state index < -0.39 is 5.91 Å². The maximum absolute atomic E-state index is 12.5. The van der Waals surface area contributed by atoms with Crippen LogP contribution in [-0.4, -0.2) is 69.3 Å². The summed E-state index contributed by atoms with van der Waals surface area (Å²) in [6.07, 6.45) is 0.318. The van der Waals surface area contributed by atoms with Crippen molar-refractivity contribution in [1.29, 1.82) is 0 Å². The minimum Gasteiger partial charge on any atom is -0.490 e. The van der Waals surface area contributed by atoms with Gasteiger partial charge in [0.05, 0.1) is 12.2 Å². The molecule has 2 aromatic carbocycles. The molecule has 1 fully saturated rings. The first kappa shape index (κ1) is 23.6. The summed E-state index contributed by atoms with van der Waals surface area (Å²) < 4.78 is 10.9. The summed E-state index contributed by atoms with van der Waals surface area (Å²) >= 11 is 0. The number of hydrogen-bond donors (Lipinski definition) is 2. The molecule has 8 nitrogen and oxygen atoms in total. The fourth-order valence-electron chi connectivity index (χ4n) is 3.52. The van der Waals surface area contributed by atoms with Crippen LogP contribution in [0.2, 0.25) is 0 Å². The van der Waals surface area contributed by atoms with Crippen LogP contribution in [0, 0.1) is 0 Å². The van der Waals surface area contributed by atoms with Crippen molar-refractivity contribution in [2.45, 2.75) is 13.3 Å². The summed E-state index contributed by atoms with van der Waals surface area (Å²) in [5.41, 5.74) is 6.58. The Bertz CT molecular complexity index is 854. The van der Waals surface area contributed by atoms with Crippen molar-refractivity contribution in [2.24, 2.45) is 0 Å². The van der Waals surface area contributed by atoms with Crippen molar-refractivity contribution in [3.8, 4) is 5.75 Å². The number of anilines is 1. The smallest absolute Gasteiger partial charge is 0.273 e. The summed E-state index contributed by atoms with van der Waals surface area (Å²) in [4.78, 5) is 29.3. The van der Waals surface area contributed by atoms with E-state index in [2.05, 4.69) is 32.8 Å². The molecule has 0 aromatic heterocycles. The number of carbonyl (C=O) groups is 2.